The summed E-state index contributed by atoms with van der Waals surface area (Å²) < 4.78 is 2.30. The second-order valence-corrected chi connectivity index (χ2v) is 4.58. The third-order valence-electron chi connectivity index (χ3n) is 3.43. The normalized spacial score (nSPS) is 14.6. The zero-order chi connectivity index (χ0) is 11.7. The van der Waals surface area contributed by atoms with E-state index in [9.17, 15) is 5.11 Å². The van der Waals surface area contributed by atoms with Crippen LogP contribution in [-0.4, -0.2) is 14.7 Å². The van der Waals surface area contributed by atoms with Crippen molar-refractivity contribution in [2.45, 2.75) is 32.2 Å². The number of phenolic OH excluding ortho intramolecular Hbond substituents is 1. The Labute approximate surface area is 101 Å². The number of aromatic hydroxyl groups is 1. The molecule has 0 fully saturated rings. The lowest BCUT2D eigenvalue weighted by molar-refractivity contribution is 0.467. The Kier molecular flexibility index (Phi) is 2.59. The average molecular weight is 228 g/mol. The van der Waals surface area contributed by atoms with Crippen LogP contribution in [0.5, 0.6) is 5.75 Å². The molecule has 0 saturated carbocycles. The van der Waals surface area contributed by atoms with E-state index in [0.29, 0.717) is 12.2 Å². The van der Waals surface area contributed by atoms with Crippen molar-refractivity contribution in [2.75, 3.05) is 0 Å². The molecule has 0 spiro atoms. The highest BCUT2D eigenvalue weighted by Crippen LogP contribution is 2.22. The summed E-state index contributed by atoms with van der Waals surface area (Å²) in [4.78, 5) is 4.49. The molecule has 0 bridgehead atoms. The fourth-order valence-electron chi connectivity index (χ4n) is 2.47. The van der Waals surface area contributed by atoms with Gasteiger partial charge in [0.1, 0.15) is 11.6 Å². The van der Waals surface area contributed by atoms with Gasteiger partial charge in [-0.1, -0.05) is 18.2 Å². The number of nitrogens with zero attached hydrogens (tertiary/aromatic N) is 2. The maximum atomic E-state index is 9.78. The molecule has 3 rings (SSSR count). The number of aromatic nitrogens is 2. The van der Waals surface area contributed by atoms with E-state index in [0.717, 1.165) is 24.4 Å². The molecule has 88 valence electrons. The molecule has 1 aliphatic heterocycles. The Morgan fingerprint density at radius 3 is 3.00 bits per heavy atom. The molecule has 3 heteroatoms. The summed E-state index contributed by atoms with van der Waals surface area (Å²) in [5.41, 5.74) is 2.29. The molecule has 0 radical (unpaired) electrons. The van der Waals surface area contributed by atoms with Gasteiger partial charge in [-0.3, -0.25) is 0 Å². The second kappa shape index (κ2) is 4.24. The number of hydrogen-bond donors (Lipinski definition) is 1. The van der Waals surface area contributed by atoms with Crippen LogP contribution < -0.4 is 0 Å². The van der Waals surface area contributed by atoms with Crippen molar-refractivity contribution in [3.8, 4) is 5.75 Å². The molecule has 1 aromatic carbocycles. The second-order valence-electron chi connectivity index (χ2n) is 4.58. The molecule has 1 aliphatic rings. The van der Waals surface area contributed by atoms with Gasteiger partial charge >= 0.3 is 0 Å². The van der Waals surface area contributed by atoms with Crippen LogP contribution in [-0.2, 0) is 19.4 Å². The maximum absolute atomic E-state index is 9.78. The first kappa shape index (κ1) is 10.4. The number of para-hydroxylation sites is 1. The molecule has 0 aliphatic carbocycles. The molecule has 1 N–H and O–H groups in total. The van der Waals surface area contributed by atoms with E-state index in [1.54, 1.807) is 6.07 Å². The molecule has 2 heterocycles. The zero-order valence-electron chi connectivity index (χ0n) is 9.76. The van der Waals surface area contributed by atoms with Gasteiger partial charge in [0, 0.05) is 30.4 Å². The summed E-state index contributed by atoms with van der Waals surface area (Å²) in [6.07, 6.45) is 6.33. The van der Waals surface area contributed by atoms with Crippen molar-refractivity contribution in [3.05, 3.63) is 47.5 Å². The molecule has 0 atom stereocenters. The summed E-state index contributed by atoms with van der Waals surface area (Å²) >= 11 is 0. The van der Waals surface area contributed by atoms with Crippen molar-refractivity contribution >= 4 is 0 Å². The fraction of sp³-hybridized carbons (Fsp3) is 0.357. The van der Waals surface area contributed by atoms with Gasteiger partial charge in [0.25, 0.3) is 0 Å². The Hall–Kier alpha value is -1.77. The predicted molar refractivity (Wildman–Crippen MR) is 66.1 cm³/mol. The number of fused-ring (bicyclic) bond motifs is 1. The lowest BCUT2D eigenvalue weighted by Gasteiger charge is -2.16. The van der Waals surface area contributed by atoms with Gasteiger partial charge in [-0.2, -0.15) is 0 Å². The summed E-state index contributed by atoms with van der Waals surface area (Å²) in [5, 5.41) is 9.78. The van der Waals surface area contributed by atoms with Crippen LogP contribution in [0.4, 0.5) is 0 Å². The van der Waals surface area contributed by atoms with Crippen molar-refractivity contribution in [1.29, 1.82) is 0 Å². The maximum Gasteiger partial charge on any atom is 0.119 e. The van der Waals surface area contributed by atoms with E-state index >= 15 is 0 Å². The molecule has 0 unspecified atom stereocenters. The first-order chi connectivity index (χ1) is 8.34. The number of rotatable bonds is 2. The summed E-state index contributed by atoms with van der Waals surface area (Å²) in [6.45, 7) is 1.07. The molecule has 1 aromatic heterocycles. The largest absolute Gasteiger partial charge is 0.508 e. The van der Waals surface area contributed by atoms with Gasteiger partial charge in [0.15, 0.2) is 0 Å². The Morgan fingerprint density at radius 2 is 2.12 bits per heavy atom. The minimum atomic E-state index is 0.362. The minimum Gasteiger partial charge on any atom is -0.508 e. The highest BCUT2D eigenvalue weighted by Gasteiger charge is 2.14. The molecule has 17 heavy (non-hydrogen) atoms. The van der Waals surface area contributed by atoms with Gasteiger partial charge in [-0.25, -0.2) is 4.98 Å². The van der Waals surface area contributed by atoms with E-state index in [1.165, 1.54) is 18.5 Å². The van der Waals surface area contributed by atoms with Crippen LogP contribution in [0.25, 0.3) is 0 Å². The smallest absolute Gasteiger partial charge is 0.119 e. The van der Waals surface area contributed by atoms with Gasteiger partial charge in [0.05, 0.1) is 0 Å². The minimum absolute atomic E-state index is 0.362. The Morgan fingerprint density at radius 1 is 1.24 bits per heavy atom. The van der Waals surface area contributed by atoms with Crippen LogP contribution in [0.3, 0.4) is 0 Å². The summed E-state index contributed by atoms with van der Waals surface area (Å²) in [7, 11) is 0. The number of imidazole rings is 1. The molecular formula is C14H16N2O. The first-order valence-corrected chi connectivity index (χ1v) is 6.15. The van der Waals surface area contributed by atoms with Crippen molar-refractivity contribution in [1.82, 2.24) is 9.55 Å². The zero-order valence-corrected chi connectivity index (χ0v) is 9.76. The topological polar surface area (TPSA) is 38.1 Å². The van der Waals surface area contributed by atoms with Crippen LogP contribution in [0.1, 0.15) is 29.9 Å². The number of hydrogen-bond acceptors (Lipinski definition) is 2. The molecule has 0 saturated heterocycles. The highest BCUT2D eigenvalue weighted by molar-refractivity contribution is 5.34. The summed E-state index contributed by atoms with van der Waals surface area (Å²) in [6, 6.07) is 7.49. The quantitative estimate of drug-likeness (QED) is 0.857. The Balaban J connectivity index is 1.91. The number of aryl methyl sites for hydroxylation is 1. The number of phenols is 1. The highest BCUT2D eigenvalue weighted by atomic mass is 16.3. The van der Waals surface area contributed by atoms with E-state index < -0.39 is 0 Å². The van der Waals surface area contributed by atoms with Crippen LogP contribution in [0, 0.1) is 0 Å². The van der Waals surface area contributed by atoms with E-state index in [-0.39, 0.29) is 0 Å². The monoisotopic (exact) mass is 228 g/mol. The van der Waals surface area contributed by atoms with Crippen molar-refractivity contribution < 1.29 is 5.11 Å². The average Bonchev–Trinajstić information content (AvgIpc) is 2.76. The third-order valence-corrected chi connectivity index (χ3v) is 3.43. The number of benzene rings is 1. The van der Waals surface area contributed by atoms with Gasteiger partial charge < -0.3 is 9.67 Å². The van der Waals surface area contributed by atoms with Crippen LogP contribution in [0.15, 0.2) is 30.5 Å². The lowest BCUT2D eigenvalue weighted by atomic mass is 10.1. The van der Waals surface area contributed by atoms with E-state index in [4.69, 9.17) is 0 Å². The standard InChI is InChI=1S/C14H16N2O/c17-13-7-2-1-5-11(13)9-14-15-10-12-6-3-4-8-16(12)14/h1-2,5,7,10,17H,3-4,6,8-9H2. The van der Waals surface area contributed by atoms with Crippen molar-refractivity contribution in [3.63, 3.8) is 0 Å². The first-order valence-electron chi connectivity index (χ1n) is 6.15. The predicted octanol–water partition coefficient (Wildman–Crippen LogP) is 2.52. The summed E-state index contributed by atoms with van der Waals surface area (Å²) in [5.74, 6) is 1.43. The lowest BCUT2D eigenvalue weighted by Crippen LogP contribution is -2.12. The van der Waals surface area contributed by atoms with Crippen LogP contribution >= 0.6 is 0 Å². The van der Waals surface area contributed by atoms with Crippen molar-refractivity contribution in [2.24, 2.45) is 0 Å². The van der Waals surface area contributed by atoms with E-state index in [1.807, 2.05) is 24.4 Å². The molecule has 3 nitrogen and oxygen atoms in total. The van der Waals surface area contributed by atoms with Gasteiger partial charge in [0.2, 0.25) is 0 Å². The third kappa shape index (κ3) is 1.93. The van der Waals surface area contributed by atoms with Gasteiger partial charge in [-0.15, -0.1) is 0 Å². The molecule has 2 aromatic rings. The Bertz CT molecular complexity index is 531. The molecular weight excluding hydrogens is 212 g/mol. The SMILES string of the molecule is Oc1ccccc1Cc1ncc2n1CCCC2. The fourth-order valence-corrected chi connectivity index (χ4v) is 2.47. The van der Waals surface area contributed by atoms with Crippen LogP contribution in [0.2, 0.25) is 0 Å². The molecule has 0 amide bonds. The van der Waals surface area contributed by atoms with Gasteiger partial charge in [-0.05, 0) is 25.3 Å². The van der Waals surface area contributed by atoms with E-state index in [2.05, 4.69) is 9.55 Å².